The Hall–Kier alpha value is -1.18. The molecule has 2 aliphatic rings. The van der Waals surface area contributed by atoms with Gasteiger partial charge in [-0.2, -0.15) is 0 Å². The standard InChI is InChI=1S/C28H55N5O2/c1-4-15-29-16-6-17-30-27(34)13-22-32-18-9-25(10-19-32)7-5-8-26-11-20-33(21-12-26)23-14-28(35)31-24(2)3/h24-26,29H,4-23H2,1-3H3,(H,30,34)(H,31,35). The van der Waals surface area contributed by atoms with Crippen molar-refractivity contribution in [2.24, 2.45) is 11.8 Å². The number of nitrogens with one attached hydrogen (secondary N) is 3. The van der Waals surface area contributed by atoms with Crippen molar-refractivity contribution in [1.82, 2.24) is 25.8 Å². The molecule has 0 aromatic heterocycles. The first-order valence-corrected chi connectivity index (χ1v) is 14.7. The van der Waals surface area contributed by atoms with Crippen LogP contribution in [-0.2, 0) is 9.59 Å². The van der Waals surface area contributed by atoms with Crippen LogP contribution in [0.2, 0.25) is 0 Å². The summed E-state index contributed by atoms with van der Waals surface area (Å²) in [6.45, 7) is 15.5. The van der Waals surface area contributed by atoms with E-state index in [2.05, 4.69) is 32.7 Å². The maximum absolute atomic E-state index is 12.1. The molecule has 0 bridgehead atoms. The summed E-state index contributed by atoms with van der Waals surface area (Å²) in [7, 11) is 0. The molecule has 7 heteroatoms. The van der Waals surface area contributed by atoms with Crippen LogP contribution in [0.15, 0.2) is 0 Å². The van der Waals surface area contributed by atoms with Gasteiger partial charge in [0, 0.05) is 38.5 Å². The topological polar surface area (TPSA) is 76.7 Å². The van der Waals surface area contributed by atoms with Crippen LogP contribution in [-0.4, -0.2) is 86.6 Å². The first-order valence-electron chi connectivity index (χ1n) is 14.7. The highest BCUT2D eigenvalue weighted by Crippen LogP contribution is 2.27. The van der Waals surface area contributed by atoms with Crippen molar-refractivity contribution in [2.75, 3.05) is 58.9 Å². The van der Waals surface area contributed by atoms with E-state index >= 15 is 0 Å². The molecule has 0 aliphatic carbocycles. The molecule has 0 radical (unpaired) electrons. The molecule has 2 aliphatic heterocycles. The first kappa shape index (κ1) is 30.0. The molecule has 2 amide bonds. The zero-order valence-corrected chi connectivity index (χ0v) is 23.1. The number of likely N-dealkylation sites (tertiary alicyclic amines) is 2. The summed E-state index contributed by atoms with van der Waals surface area (Å²) >= 11 is 0. The predicted octanol–water partition coefficient (Wildman–Crippen LogP) is 3.39. The highest BCUT2D eigenvalue weighted by Gasteiger charge is 2.22. The Balaban J connectivity index is 1.44. The lowest BCUT2D eigenvalue weighted by molar-refractivity contribution is -0.122. The fraction of sp³-hybridized carbons (Fsp3) is 0.929. The molecular formula is C28H55N5O2. The molecule has 7 nitrogen and oxygen atoms in total. The highest BCUT2D eigenvalue weighted by atomic mass is 16.2. The monoisotopic (exact) mass is 493 g/mol. The van der Waals surface area contributed by atoms with Gasteiger partial charge in [0.15, 0.2) is 0 Å². The van der Waals surface area contributed by atoms with E-state index in [1.54, 1.807) is 0 Å². The summed E-state index contributed by atoms with van der Waals surface area (Å²) < 4.78 is 0. The zero-order chi connectivity index (χ0) is 25.3. The van der Waals surface area contributed by atoms with E-state index < -0.39 is 0 Å². The van der Waals surface area contributed by atoms with Crippen LogP contribution < -0.4 is 16.0 Å². The molecule has 2 fully saturated rings. The smallest absolute Gasteiger partial charge is 0.221 e. The van der Waals surface area contributed by atoms with Crippen molar-refractivity contribution >= 4 is 11.8 Å². The molecule has 0 spiro atoms. The first-order chi connectivity index (χ1) is 17.0. The summed E-state index contributed by atoms with van der Waals surface area (Å²) in [6.07, 6.45) is 12.7. The highest BCUT2D eigenvalue weighted by molar-refractivity contribution is 5.76. The van der Waals surface area contributed by atoms with Crippen molar-refractivity contribution in [3.05, 3.63) is 0 Å². The molecule has 2 saturated heterocycles. The van der Waals surface area contributed by atoms with Gasteiger partial charge >= 0.3 is 0 Å². The van der Waals surface area contributed by atoms with Crippen LogP contribution in [0.4, 0.5) is 0 Å². The van der Waals surface area contributed by atoms with Crippen molar-refractivity contribution < 1.29 is 9.59 Å². The van der Waals surface area contributed by atoms with E-state index in [0.717, 1.165) is 83.6 Å². The number of amides is 2. The lowest BCUT2D eigenvalue weighted by atomic mass is 9.87. The van der Waals surface area contributed by atoms with E-state index in [1.165, 1.54) is 44.9 Å². The van der Waals surface area contributed by atoms with Crippen LogP contribution in [0.3, 0.4) is 0 Å². The van der Waals surface area contributed by atoms with Crippen LogP contribution >= 0.6 is 0 Å². The van der Waals surface area contributed by atoms with Gasteiger partial charge in [-0.05, 0) is 103 Å². The summed E-state index contributed by atoms with van der Waals surface area (Å²) in [6, 6.07) is 0.236. The number of carbonyl (C=O) groups is 2. The maximum Gasteiger partial charge on any atom is 0.221 e. The quantitative estimate of drug-likeness (QED) is 0.271. The van der Waals surface area contributed by atoms with E-state index in [-0.39, 0.29) is 17.9 Å². The third-order valence-corrected chi connectivity index (χ3v) is 7.68. The third kappa shape index (κ3) is 14.2. The molecule has 0 aromatic rings. The van der Waals surface area contributed by atoms with E-state index in [1.807, 2.05) is 13.8 Å². The van der Waals surface area contributed by atoms with Crippen LogP contribution in [0, 0.1) is 11.8 Å². The van der Waals surface area contributed by atoms with Gasteiger partial charge in [-0.3, -0.25) is 9.59 Å². The SMILES string of the molecule is CCCNCCCNC(=O)CCN1CCC(CCCC2CCN(CCC(=O)NC(C)C)CC2)CC1. The molecule has 204 valence electrons. The van der Waals surface area contributed by atoms with Gasteiger partial charge in [-0.25, -0.2) is 0 Å². The summed E-state index contributed by atoms with van der Waals surface area (Å²) in [5.74, 6) is 2.13. The van der Waals surface area contributed by atoms with Crippen LogP contribution in [0.25, 0.3) is 0 Å². The Morgan fingerprint density at radius 1 is 0.771 bits per heavy atom. The molecule has 0 saturated carbocycles. The molecule has 35 heavy (non-hydrogen) atoms. The van der Waals surface area contributed by atoms with Crippen molar-refractivity contribution in [2.45, 2.75) is 97.4 Å². The largest absolute Gasteiger partial charge is 0.356 e. The number of hydrogen-bond donors (Lipinski definition) is 3. The van der Waals surface area contributed by atoms with Crippen LogP contribution in [0.1, 0.15) is 91.4 Å². The number of carbonyl (C=O) groups excluding carboxylic acids is 2. The number of hydrogen-bond acceptors (Lipinski definition) is 5. The Bertz CT molecular complexity index is 570. The molecule has 0 atom stereocenters. The Morgan fingerprint density at radius 3 is 1.83 bits per heavy atom. The lowest BCUT2D eigenvalue weighted by Crippen LogP contribution is -2.38. The zero-order valence-electron chi connectivity index (χ0n) is 23.1. The summed E-state index contributed by atoms with van der Waals surface area (Å²) in [5.41, 5.74) is 0. The number of nitrogens with zero attached hydrogens (tertiary/aromatic N) is 2. The lowest BCUT2D eigenvalue weighted by Gasteiger charge is -2.33. The maximum atomic E-state index is 12.1. The van der Waals surface area contributed by atoms with E-state index in [0.29, 0.717) is 12.8 Å². The Kier molecular flexibility index (Phi) is 15.6. The molecule has 2 rings (SSSR count). The fourth-order valence-electron chi connectivity index (χ4n) is 5.44. The number of piperidine rings is 2. The second-order valence-electron chi connectivity index (χ2n) is 11.2. The molecular weight excluding hydrogens is 438 g/mol. The Labute approximate surface area is 215 Å². The molecule has 3 N–H and O–H groups in total. The van der Waals surface area contributed by atoms with Gasteiger partial charge in [-0.1, -0.05) is 26.2 Å². The van der Waals surface area contributed by atoms with Gasteiger partial charge in [0.25, 0.3) is 0 Å². The normalized spacial score (nSPS) is 18.7. The van der Waals surface area contributed by atoms with E-state index in [9.17, 15) is 9.59 Å². The second kappa shape index (κ2) is 18.1. The molecule has 0 unspecified atom stereocenters. The van der Waals surface area contributed by atoms with Crippen LogP contribution in [0.5, 0.6) is 0 Å². The fourth-order valence-corrected chi connectivity index (χ4v) is 5.44. The summed E-state index contributed by atoms with van der Waals surface area (Å²) in [5, 5.41) is 9.42. The molecule has 0 aromatic carbocycles. The Morgan fingerprint density at radius 2 is 1.31 bits per heavy atom. The predicted molar refractivity (Wildman–Crippen MR) is 145 cm³/mol. The van der Waals surface area contributed by atoms with Crippen molar-refractivity contribution in [3.8, 4) is 0 Å². The van der Waals surface area contributed by atoms with Gasteiger partial charge < -0.3 is 25.8 Å². The minimum Gasteiger partial charge on any atom is -0.356 e. The van der Waals surface area contributed by atoms with E-state index in [4.69, 9.17) is 0 Å². The average Bonchev–Trinajstić information content (AvgIpc) is 2.85. The summed E-state index contributed by atoms with van der Waals surface area (Å²) in [4.78, 5) is 28.9. The average molecular weight is 494 g/mol. The van der Waals surface area contributed by atoms with Gasteiger partial charge in [0.05, 0.1) is 0 Å². The minimum atomic E-state index is 0.183. The number of rotatable bonds is 17. The molecule has 2 heterocycles. The van der Waals surface area contributed by atoms with Crippen molar-refractivity contribution in [3.63, 3.8) is 0 Å². The van der Waals surface area contributed by atoms with Gasteiger partial charge in [0.1, 0.15) is 0 Å². The minimum absolute atomic E-state index is 0.183. The van der Waals surface area contributed by atoms with Crippen molar-refractivity contribution in [1.29, 1.82) is 0 Å². The second-order valence-corrected chi connectivity index (χ2v) is 11.2. The van der Waals surface area contributed by atoms with Gasteiger partial charge in [-0.15, -0.1) is 0 Å². The third-order valence-electron chi connectivity index (χ3n) is 7.68. The van der Waals surface area contributed by atoms with Gasteiger partial charge in [0.2, 0.25) is 11.8 Å².